The molecule has 0 radical (unpaired) electrons. The Bertz CT molecular complexity index is 1390. The van der Waals surface area contributed by atoms with E-state index < -0.39 is 10.0 Å². The van der Waals surface area contributed by atoms with E-state index in [-0.39, 0.29) is 23.8 Å². The number of carbonyl (C=O) groups is 1. The monoisotopic (exact) mass is 455 g/mol. The molecular weight excluding hydrogens is 430 g/mol. The van der Waals surface area contributed by atoms with Gasteiger partial charge in [-0.25, -0.2) is 17.7 Å². The minimum absolute atomic E-state index is 0.122. The Kier molecular flexibility index (Phi) is 5.94. The summed E-state index contributed by atoms with van der Waals surface area (Å²) in [5, 5.41) is 11.1. The van der Waals surface area contributed by atoms with Crippen LogP contribution >= 0.6 is 0 Å². The second-order valence-electron chi connectivity index (χ2n) is 7.53. The van der Waals surface area contributed by atoms with Crippen LogP contribution in [0.4, 0.5) is 0 Å². The fourth-order valence-electron chi connectivity index (χ4n) is 3.58. The van der Waals surface area contributed by atoms with E-state index in [0.29, 0.717) is 24.3 Å². The van der Waals surface area contributed by atoms with Gasteiger partial charge in [0.15, 0.2) is 11.5 Å². The largest absolute Gasteiger partial charge is 0.349 e. The summed E-state index contributed by atoms with van der Waals surface area (Å²) >= 11 is 0. The van der Waals surface area contributed by atoms with Gasteiger partial charge in [0.1, 0.15) is 5.82 Å². The van der Waals surface area contributed by atoms with E-state index in [1.54, 1.807) is 18.2 Å². The van der Waals surface area contributed by atoms with Crippen molar-refractivity contribution in [2.24, 2.45) is 0 Å². The highest BCUT2D eigenvalue weighted by molar-refractivity contribution is 7.89. The van der Waals surface area contributed by atoms with Crippen LogP contribution in [0.15, 0.2) is 47.5 Å². The van der Waals surface area contributed by atoms with Gasteiger partial charge in [-0.1, -0.05) is 6.07 Å². The van der Waals surface area contributed by atoms with Crippen LogP contribution in [0.3, 0.4) is 0 Å². The molecule has 0 saturated carbocycles. The lowest BCUT2D eigenvalue weighted by Gasteiger charge is -2.11. The zero-order valence-corrected chi connectivity index (χ0v) is 19.0. The van der Waals surface area contributed by atoms with Crippen LogP contribution in [0.2, 0.25) is 0 Å². The molecule has 0 spiro atoms. The smallest absolute Gasteiger partial charge is 0.242 e. The number of aryl methyl sites for hydroxylation is 2. The SMILES string of the molecule is CCn1c(CCC(=O)NCc2nnc3ccccn23)nc2cc(S(=O)(=O)N(C)C)ccc21. The molecule has 4 aromatic rings. The molecule has 0 atom stereocenters. The Labute approximate surface area is 185 Å². The molecule has 1 N–H and O–H groups in total. The molecule has 0 fully saturated rings. The summed E-state index contributed by atoms with van der Waals surface area (Å²) in [6.07, 6.45) is 2.54. The van der Waals surface area contributed by atoms with Crippen molar-refractivity contribution in [3.63, 3.8) is 0 Å². The molecule has 0 aliphatic carbocycles. The lowest BCUT2D eigenvalue weighted by Crippen LogP contribution is -2.24. The Hall–Kier alpha value is -3.31. The van der Waals surface area contributed by atoms with Crippen molar-refractivity contribution >= 4 is 32.6 Å². The molecule has 0 unspecified atom stereocenters. The van der Waals surface area contributed by atoms with E-state index in [0.717, 1.165) is 17.0 Å². The maximum absolute atomic E-state index is 12.4. The molecule has 11 heteroatoms. The van der Waals surface area contributed by atoms with Crippen molar-refractivity contribution in [1.29, 1.82) is 0 Å². The lowest BCUT2D eigenvalue weighted by atomic mass is 10.2. The number of fused-ring (bicyclic) bond motifs is 2. The molecule has 1 amide bonds. The average molecular weight is 456 g/mol. The molecule has 10 nitrogen and oxygen atoms in total. The van der Waals surface area contributed by atoms with Gasteiger partial charge in [0, 0.05) is 39.7 Å². The van der Waals surface area contributed by atoms with Gasteiger partial charge in [0.25, 0.3) is 0 Å². The number of pyridine rings is 1. The van der Waals surface area contributed by atoms with Crippen molar-refractivity contribution < 1.29 is 13.2 Å². The highest BCUT2D eigenvalue weighted by Gasteiger charge is 2.20. The summed E-state index contributed by atoms with van der Waals surface area (Å²) in [5.41, 5.74) is 2.17. The highest BCUT2D eigenvalue weighted by atomic mass is 32.2. The molecule has 0 bridgehead atoms. The number of sulfonamides is 1. The first-order chi connectivity index (χ1) is 15.3. The Morgan fingerprint density at radius 2 is 1.94 bits per heavy atom. The quantitative estimate of drug-likeness (QED) is 0.432. The van der Waals surface area contributed by atoms with Crippen LogP contribution in [0.25, 0.3) is 16.7 Å². The predicted octanol–water partition coefficient (Wildman–Crippen LogP) is 1.60. The third kappa shape index (κ3) is 4.08. The van der Waals surface area contributed by atoms with Crippen molar-refractivity contribution in [3.8, 4) is 0 Å². The second kappa shape index (κ2) is 8.67. The summed E-state index contributed by atoms with van der Waals surface area (Å²) < 4.78 is 29.9. The van der Waals surface area contributed by atoms with Gasteiger partial charge in [-0.15, -0.1) is 10.2 Å². The number of hydrogen-bond acceptors (Lipinski definition) is 6. The van der Waals surface area contributed by atoms with Gasteiger partial charge >= 0.3 is 0 Å². The molecule has 0 saturated heterocycles. The Balaban J connectivity index is 1.46. The summed E-state index contributed by atoms with van der Waals surface area (Å²) in [4.78, 5) is 17.2. The van der Waals surface area contributed by atoms with Gasteiger partial charge < -0.3 is 9.88 Å². The maximum atomic E-state index is 12.4. The van der Waals surface area contributed by atoms with Crippen molar-refractivity contribution in [3.05, 3.63) is 54.2 Å². The third-order valence-electron chi connectivity index (χ3n) is 5.30. The van der Waals surface area contributed by atoms with Gasteiger partial charge in [-0.05, 0) is 37.3 Å². The van der Waals surface area contributed by atoms with Crippen molar-refractivity contribution in [1.82, 2.24) is 33.8 Å². The first-order valence-corrected chi connectivity index (χ1v) is 11.7. The fraction of sp³-hybridized carbons (Fsp3) is 0.333. The summed E-state index contributed by atoms with van der Waals surface area (Å²) in [6.45, 7) is 2.94. The van der Waals surface area contributed by atoms with Crippen molar-refractivity contribution in [2.45, 2.75) is 37.8 Å². The van der Waals surface area contributed by atoms with E-state index in [4.69, 9.17) is 0 Å². The summed E-state index contributed by atoms with van der Waals surface area (Å²) in [7, 11) is -0.549. The third-order valence-corrected chi connectivity index (χ3v) is 7.11. The Morgan fingerprint density at radius 3 is 2.69 bits per heavy atom. The lowest BCUT2D eigenvalue weighted by molar-refractivity contribution is -0.121. The number of carbonyl (C=O) groups excluding carboxylic acids is 1. The number of nitrogens with one attached hydrogen (secondary N) is 1. The minimum Gasteiger partial charge on any atom is -0.349 e. The first-order valence-electron chi connectivity index (χ1n) is 10.3. The molecule has 3 heterocycles. The molecule has 168 valence electrons. The molecule has 0 aliphatic heterocycles. The number of amides is 1. The van der Waals surface area contributed by atoms with E-state index in [2.05, 4.69) is 20.5 Å². The van der Waals surface area contributed by atoms with Gasteiger partial charge in [-0.3, -0.25) is 9.20 Å². The van der Waals surface area contributed by atoms with E-state index in [1.165, 1.54) is 18.4 Å². The average Bonchev–Trinajstić information content (AvgIpc) is 3.36. The minimum atomic E-state index is -3.54. The van der Waals surface area contributed by atoms with Crippen LogP contribution in [-0.2, 0) is 34.3 Å². The molecule has 1 aromatic carbocycles. The van der Waals surface area contributed by atoms with E-state index in [1.807, 2.05) is 40.3 Å². The number of rotatable bonds is 8. The Morgan fingerprint density at radius 1 is 1.12 bits per heavy atom. The summed E-state index contributed by atoms with van der Waals surface area (Å²) in [6, 6.07) is 10.5. The second-order valence-corrected chi connectivity index (χ2v) is 9.68. The maximum Gasteiger partial charge on any atom is 0.242 e. The van der Waals surface area contributed by atoms with Crippen molar-refractivity contribution in [2.75, 3.05) is 14.1 Å². The number of hydrogen-bond donors (Lipinski definition) is 1. The van der Waals surface area contributed by atoms with Crippen LogP contribution in [0.1, 0.15) is 25.0 Å². The summed E-state index contributed by atoms with van der Waals surface area (Å²) in [5.74, 6) is 1.28. The van der Waals surface area contributed by atoms with Crippen LogP contribution in [0.5, 0.6) is 0 Å². The van der Waals surface area contributed by atoms with Crippen LogP contribution in [0, 0.1) is 0 Å². The number of benzene rings is 1. The fourth-order valence-corrected chi connectivity index (χ4v) is 4.50. The number of nitrogens with zero attached hydrogens (tertiary/aromatic N) is 6. The first kappa shape index (κ1) is 21.9. The predicted molar refractivity (Wildman–Crippen MR) is 119 cm³/mol. The molecule has 3 aromatic heterocycles. The standard InChI is InChI=1S/C21H25N7O3S/c1-4-27-17-9-8-15(32(30,31)26(2)3)13-16(17)23-18(27)10-11-21(29)22-14-20-25-24-19-7-5-6-12-28(19)20/h5-9,12-13H,4,10-11,14H2,1-3H3,(H,22,29). The molecule has 32 heavy (non-hydrogen) atoms. The normalized spacial score (nSPS) is 12.1. The molecule has 4 rings (SSSR count). The van der Waals surface area contributed by atoms with E-state index in [9.17, 15) is 13.2 Å². The zero-order valence-electron chi connectivity index (χ0n) is 18.2. The van der Waals surface area contributed by atoms with Gasteiger partial charge in [-0.2, -0.15) is 0 Å². The number of imidazole rings is 1. The van der Waals surface area contributed by atoms with Gasteiger partial charge in [0.05, 0.1) is 22.5 Å². The molecule has 0 aliphatic rings. The zero-order chi connectivity index (χ0) is 22.9. The molecular formula is C21H25N7O3S. The van der Waals surface area contributed by atoms with Crippen LogP contribution in [-0.4, -0.2) is 56.9 Å². The highest BCUT2D eigenvalue weighted by Crippen LogP contribution is 2.22. The van der Waals surface area contributed by atoms with E-state index >= 15 is 0 Å². The number of aromatic nitrogens is 5. The van der Waals surface area contributed by atoms with Crippen LogP contribution < -0.4 is 5.32 Å². The van der Waals surface area contributed by atoms with Gasteiger partial charge in [0.2, 0.25) is 15.9 Å². The topological polar surface area (TPSA) is 114 Å².